The van der Waals surface area contributed by atoms with Gasteiger partial charge in [0.25, 0.3) is 5.91 Å². The fraction of sp³-hybridized carbons (Fsp3) is 0.280. The van der Waals surface area contributed by atoms with E-state index in [1.807, 2.05) is 24.3 Å². The minimum atomic E-state index is -0.896. The van der Waals surface area contributed by atoms with E-state index >= 15 is 0 Å². The Balaban J connectivity index is 1.17. The number of likely N-dealkylation sites (tertiary alicyclic amines) is 1. The highest BCUT2D eigenvalue weighted by atomic mass is 32.1. The average Bonchev–Trinajstić information content (AvgIpc) is 3.32. The topological polar surface area (TPSA) is 109 Å². The fourth-order valence-corrected chi connectivity index (χ4v) is 5.34. The predicted octanol–water partition coefficient (Wildman–Crippen LogP) is 3.65. The lowest BCUT2D eigenvalue weighted by Crippen LogP contribution is -2.53. The third-order valence-electron chi connectivity index (χ3n) is 6.29. The third-order valence-corrected chi connectivity index (χ3v) is 7.26. The van der Waals surface area contributed by atoms with Gasteiger partial charge in [-0.05, 0) is 29.2 Å². The molecule has 2 heterocycles. The van der Waals surface area contributed by atoms with Crippen LogP contribution >= 0.6 is 11.3 Å². The SMILES string of the molecule is Cc1sc(CNC(=O)OCC2c3ccccc3-c3ccccc32)nc1C(=O)N1CC(C(=O)O)C1. The number of thiazole rings is 1. The summed E-state index contributed by atoms with van der Waals surface area (Å²) in [6.45, 7) is 2.54. The maximum Gasteiger partial charge on any atom is 0.407 e. The number of nitrogens with zero attached hydrogens (tertiary/aromatic N) is 2. The number of aromatic nitrogens is 1. The van der Waals surface area contributed by atoms with E-state index in [9.17, 15) is 14.4 Å². The number of aliphatic carboxylic acids is 1. The molecule has 34 heavy (non-hydrogen) atoms. The van der Waals surface area contributed by atoms with Crippen molar-refractivity contribution in [1.29, 1.82) is 0 Å². The van der Waals surface area contributed by atoms with E-state index in [2.05, 4.69) is 34.6 Å². The number of nitrogens with one attached hydrogen (secondary N) is 1. The molecule has 8 nitrogen and oxygen atoms in total. The highest BCUT2D eigenvalue weighted by Gasteiger charge is 2.37. The van der Waals surface area contributed by atoms with Gasteiger partial charge in [-0.3, -0.25) is 9.59 Å². The molecule has 2 aliphatic rings. The minimum Gasteiger partial charge on any atom is -0.481 e. The molecule has 0 bridgehead atoms. The van der Waals surface area contributed by atoms with Gasteiger partial charge >= 0.3 is 12.1 Å². The van der Waals surface area contributed by atoms with Crippen LogP contribution in [0.1, 0.15) is 37.4 Å². The standard InChI is InChI=1S/C25H23N3O5S/c1-14-22(23(29)28-11-15(12-28)24(30)31)27-21(34-14)10-26-25(32)33-13-20-18-8-4-2-6-16(18)17-7-3-5-9-19(17)20/h2-9,15,20H,10-13H2,1H3,(H,26,32)(H,30,31). The zero-order chi connectivity index (χ0) is 23.8. The molecule has 1 aliphatic heterocycles. The second-order valence-corrected chi connectivity index (χ2v) is 9.72. The summed E-state index contributed by atoms with van der Waals surface area (Å²) in [6, 6.07) is 16.3. The average molecular weight is 478 g/mol. The molecule has 5 rings (SSSR count). The molecule has 0 spiro atoms. The van der Waals surface area contributed by atoms with E-state index in [1.54, 1.807) is 6.92 Å². The molecule has 1 aliphatic carbocycles. The van der Waals surface area contributed by atoms with E-state index in [1.165, 1.54) is 27.4 Å². The van der Waals surface area contributed by atoms with E-state index in [-0.39, 0.29) is 38.1 Å². The Labute approximate surface area is 200 Å². The summed E-state index contributed by atoms with van der Waals surface area (Å²) in [5, 5.41) is 12.3. The van der Waals surface area contributed by atoms with Crippen LogP contribution in [0.5, 0.6) is 0 Å². The predicted molar refractivity (Wildman–Crippen MR) is 126 cm³/mol. The summed E-state index contributed by atoms with van der Waals surface area (Å²) >= 11 is 1.32. The van der Waals surface area contributed by atoms with Gasteiger partial charge in [0.1, 0.15) is 17.3 Å². The van der Waals surface area contributed by atoms with E-state index < -0.39 is 18.0 Å². The number of fused-ring (bicyclic) bond motifs is 3. The van der Waals surface area contributed by atoms with Crippen LogP contribution < -0.4 is 5.32 Å². The normalized spacial score (nSPS) is 14.8. The zero-order valence-electron chi connectivity index (χ0n) is 18.5. The van der Waals surface area contributed by atoms with Crippen molar-refractivity contribution < 1.29 is 24.2 Å². The first-order valence-electron chi connectivity index (χ1n) is 11.0. The highest BCUT2D eigenvalue weighted by Crippen LogP contribution is 2.44. The van der Waals surface area contributed by atoms with E-state index in [4.69, 9.17) is 9.84 Å². The van der Waals surface area contributed by atoms with Gasteiger partial charge in [-0.1, -0.05) is 48.5 Å². The van der Waals surface area contributed by atoms with Gasteiger partial charge in [0.2, 0.25) is 0 Å². The number of carbonyl (C=O) groups excluding carboxylic acids is 2. The van der Waals surface area contributed by atoms with Gasteiger partial charge in [-0.25, -0.2) is 9.78 Å². The summed E-state index contributed by atoms with van der Waals surface area (Å²) in [4.78, 5) is 42.5. The first kappa shape index (κ1) is 22.1. The number of rotatable bonds is 6. The van der Waals surface area contributed by atoms with Crippen LogP contribution in [-0.2, 0) is 16.1 Å². The van der Waals surface area contributed by atoms with Crippen molar-refractivity contribution >= 4 is 29.3 Å². The number of aryl methyl sites for hydroxylation is 1. The number of alkyl carbamates (subject to hydrolysis) is 1. The van der Waals surface area contributed by atoms with Crippen LogP contribution in [-0.4, -0.2) is 52.7 Å². The molecular formula is C25H23N3O5S. The second kappa shape index (κ2) is 8.90. The summed E-state index contributed by atoms with van der Waals surface area (Å²) in [5.74, 6) is -1.71. The number of amides is 2. The summed E-state index contributed by atoms with van der Waals surface area (Å²) in [7, 11) is 0. The molecule has 0 saturated carbocycles. The second-order valence-electron chi connectivity index (χ2n) is 8.44. The highest BCUT2D eigenvalue weighted by molar-refractivity contribution is 7.11. The van der Waals surface area contributed by atoms with Crippen molar-refractivity contribution in [3.63, 3.8) is 0 Å². The molecule has 0 atom stereocenters. The number of carbonyl (C=O) groups is 3. The smallest absolute Gasteiger partial charge is 0.407 e. The molecule has 174 valence electrons. The Morgan fingerprint density at radius 1 is 1.09 bits per heavy atom. The molecule has 9 heteroatoms. The quantitative estimate of drug-likeness (QED) is 0.561. The molecule has 2 amide bonds. The van der Waals surface area contributed by atoms with Gasteiger partial charge in [-0.15, -0.1) is 11.3 Å². The third kappa shape index (κ3) is 4.03. The Morgan fingerprint density at radius 2 is 1.71 bits per heavy atom. The fourth-order valence-electron chi connectivity index (χ4n) is 4.47. The van der Waals surface area contributed by atoms with Crippen molar-refractivity contribution in [2.24, 2.45) is 5.92 Å². The minimum absolute atomic E-state index is 0.0179. The lowest BCUT2D eigenvalue weighted by Gasteiger charge is -2.36. The summed E-state index contributed by atoms with van der Waals surface area (Å²) in [6.07, 6.45) is -0.547. The molecule has 3 aromatic rings. The first-order chi connectivity index (χ1) is 16.4. The summed E-state index contributed by atoms with van der Waals surface area (Å²) < 4.78 is 5.54. The number of carboxylic acid groups (broad SMARTS) is 1. The number of hydrogen-bond donors (Lipinski definition) is 2. The monoisotopic (exact) mass is 477 g/mol. The van der Waals surface area contributed by atoms with Gasteiger partial charge in [-0.2, -0.15) is 0 Å². The molecule has 2 aromatic carbocycles. The maximum atomic E-state index is 12.6. The Bertz CT molecular complexity index is 1240. The van der Waals surface area contributed by atoms with Crippen molar-refractivity contribution in [3.05, 3.63) is 75.2 Å². The van der Waals surface area contributed by atoms with Gasteiger partial charge in [0, 0.05) is 23.9 Å². The largest absolute Gasteiger partial charge is 0.481 e. The van der Waals surface area contributed by atoms with Crippen molar-refractivity contribution in [2.45, 2.75) is 19.4 Å². The van der Waals surface area contributed by atoms with Crippen LogP contribution in [0.25, 0.3) is 11.1 Å². The number of carboxylic acids is 1. The summed E-state index contributed by atoms with van der Waals surface area (Å²) in [5.41, 5.74) is 4.93. The molecule has 2 N–H and O–H groups in total. The van der Waals surface area contributed by atoms with Crippen LogP contribution in [0.3, 0.4) is 0 Å². The van der Waals surface area contributed by atoms with Gasteiger partial charge < -0.3 is 20.1 Å². The van der Waals surface area contributed by atoms with E-state index in [0.717, 1.165) is 16.0 Å². The number of hydrogen-bond acceptors (Lipinski definition) is 6. The molecule has 1 aromatic heterocycles. The van der Waals surface area contributed by atoms with E-state index in [0.29, 0.717) is 10.7 Å². The number of benzene rings is 2. The Morgan fingerprint density at radius 3 is 2.32 bits per heavy atom. The maximum absolute atomic E-state index is 12.6. The van der Waals surface area contributed by atoms with Crippen LogP contribution in [0.15, 0.2) is 48.5 Å². The Kier molecular flexibility index (Phi) is 5.79. The van der Waals surface area contributed by atoms with Crippen molar-refractivity contribution in [3.8, 4) is 11.1 Å². The lowest BCUT2D eigenvalue weighted by molar-refractivity contribution is -0.146. The lowest BCUT2D eigenvalue weighted by atomic mass is 9.98. The molecular weight excluding hydrogens is 454 g/mol. The molecule has 1 fully saturated rings. The molecule has 0 unspecified atom stereocenters. The number of ether oxygens (including phenoxy) is 1. The Hall–Kier alpha value is -3.72. The first-order valence-corrected chi connectivity index (χ1v) is 11.8. The molecule has 1 saturated heterocycles. The van der Waals surface area contributed by atoms with Crippen LogP contribution in [0, 0.1) is 12.8 Å². The molecule has 0 radical (unpaired) electrons. The van der Waals surface area contributed by atoms with Crippen LogP contribution in [0.2, 0.25) is 0 Å². The van der Waals surface area contributed by atoms with Gasteiger partial charge in [0.05, 0.1) is 12.5 Å². The van der Waals surface area contributed by atoms with Crippen molar-refractivity contribution in [2.75, 3.05) is 19.7 Å². The van der Waals surface area contributed by atoms with Crippen LogP contribution in [0.4, 0.5) is 4.79 Å². The van der Waals surface area contributed by atoms with Gasteiger partial charge in [0.15, 0.2) is 0 Å². The van der Waals surface area contributed by atoms with Crippen molar-refractivity contribution in [1.82, 2.24) is 15.2 Å². The zero-order valence-corrected chi connectivity index (χ0v) is 19.3.